The zero-order valence-corrected chi connectivity index (χ0v) is 38.1. The van der Waals surface area contributed by atoms with Crippen LogP contribution in [0.3, 0.4) is 0 Å². The van der Waals surface area contributed by atoms with Gasteiger partial charge >= 0.3 is 6.09 Å². The number of aromatic nitrogens is 4. The summed E-state index contributed by atoms with van der Waals surface area (Å²) in [7, 11) is -6.70. The van der Waals surface area contributed by atoms with Gasteiger partial charge < -0.3 is 28.7 Å². The monoisotopic (exact) mass is 828 g/mol. The van der Waals surface area contributed by atoms with Gasteiger partial charge in [-0.25, -0.2) is 23.2 Å². The molecule has 2 aliphatic heterocycles. The number of piperidine rings is 1. The molecule has 310 valence electrons. The number of amides is 1. The molecule has 5 heterocycles. The molecule has 56 heavy (non-hydrogen) atoms. The molecule has 3 aromatic heterocycles. The molecule has 0 N–H and O–H groups in total. The number of fused-ring (bicyclic) bond motifs is 3. The molecule has 16 heteroatoms. The predicted octanol–water partition coefficient (Wildman–Crippen LogP) is 8.06. The molecule has 0 aromatic carbocycles. The van der Waals surface area contributed by atoms with Gasteiger partial charge in [0.25, 0.3) is 0 Å². The number of sulfone groups is 1. The standard InChI is InChI=1S/C40H64N6O7SSi2/c1-40(2,3)53-39(47)45-31-14-15-32(45)22-30(21-31)35-36(54(4,48)49)38(44(26-50-17-19-55(5,6)7)27-51-18-20-56(8,9)10)46-37(43-35)33(24-42-46)29-13-16-34(41-23-29)52-25-28-11-12-28/h13,16,23-24,28,30-32H,11-12,14-15,17-22,25-27H2,1-10H3. The molecular weight excluding hydrogens is 765 g/mol. The van der Waals surface area contributed by atoms with Crippen molar-refractivity contribution in [1.82, 2.24) is 24.5 Å². The third-order valence-electron chi connectivity index (χ3n) is 10.7. The molecule has 6 rings (SSSR count). The number of rotatable bonds is 17. The van der Waals surface area contributed by atoms with Crippen LogP contribution in [0.5, 0.6) is 5.88 Å². The number of nitrogens with zero attached hydrogens (tertiary/aromatic N) is 6. The van der Waals surface area contributed by atoms with Crippen LogP contribution in [-0.2, 0) is 24.0 Å². The Morgan fingerprint density at radius 3 is 2.02 bits per heavy atom. The number of pyridine rings is 1. The van der Waals surface area contributed by atoms with Crippen LogP contribution in [0.4, 0.5) is 10.6 Å². The van der Waals surface area contributed by atoms with Gasteiger partial charge in [-0.15, -0.1) is 0 Å². The van der Waals surface area contributed by atoms with E-state index >= 15 is 0 Å². The zero-order valence-electron chi connectivity index (χ0n) is 35.3. The Hall–Kier alpha value is -3.06. The van der Waals surface area contributed by atoms with E-state index in [-0.39, 0.29) is 42.5 Å². The Morgan fingerprint density at radius 2 is 1.52 bits per heavy atom. The maximum atomic E-state index is 14.2. The van der Waals surface area contributed by atoms with Crippen LogP contribution in [0, 0.1) is 5.92 Å². The summed E-state index contributed by atoms with van der Waals surface area (Å²) in [6.45, 7) is 21.5. The fourth-order valence-corrected chi connectivity index (χ4v) is 10.1. The first-order valence-electron chi connectivity index (χ1n) is 20.3. The van der Waals surface area contributed by atoms with Gasteiger partial charge in [0, 0.05) is 77.0 Å². The predicted molar refractivity (Wildman–Crippen MR) is 225 cm³/mol. The van der Waals surface area contributed by atoms with Crippen LogP contribution >= 0.6 is 0 Å². The van der Waals surface area contributed by atoms with Crippen LogP contribution < -0.4 is 9.64 Å². The lowest BCUT2D eigenvalue weighted by Crippen LogP contribution is -2.48. The second-order valence-electron chi connectivity index (χ2n) is 19.5. The third-order valence-corrected chi connectivity index (χ3v) is 15.2. The summed E-state index contributed by atoms with van der Waals surface area (Å²) in [5.41, 5.74) is 1.91. The summed E-state index contributed by atoms with van der Waals surface area (Å²) in [5.74, 6) is 1.31. The molecule has 3 aromatic rings. The Kier molecular flexibility index (Phi) is 12.7. The summed E-state index contributed by atoms with van der Waals surface area (Å²) in [5, 5.41) is 4.84. The lowest BCUT2D eigenvalue weighted by Gasteiger charge is -2.40. The van der Waals surface area contributed by atoms with E-state index in [1.165, 1.54) is 19.1 Å². The van der Waals surface area contributed by atoms with Crippen LogP contribution in [0.1, 0.15) is 70.9 Å². The molecule has 3 fully saturated rings. The first-order chi connectivity index (χ1) is 26.2. The van der Waals surface area contributed by atoms with Crippen molar-refractivity contribution < 1.29 is 32.2 Å². The lowest BCUT2D eigenvalue weighted by atomic mass is 9.88. The van der Waals surface area contributed by atoms with Crippen molar-refractivity contribution in [2.75, 3.05) is 44.4 Å². The van der Waals surface area contributed by atoms with Crippen molar-refractivity contribution in [3.8, 4) is 17.0 Å². The van der Waals surface area contributed by atoms with E-state index in [9.17, 15) is 13.2 Å². The van der Waals surface area contributed by atoms with Gasteiger partial charge in [0.2, 0.25) is 5.88 Å². The Morgan fingerprint density at radius 1 is 0.911 bits per heavy atom. The van der Waals surface area contributed by atoms with Gasteiger partial charge in [-0.1, -0.05) is 39.3 Å². The number of carbonyl (C=O) groups is 1. The van der Waals surface area contributed by atoms with Crippen molar-refractivity contribution in [2.45, 2.75) is 139 Å². The third kappa shape index (κ3) is 10.9. The molecule has 2 bridgehead atoms. The summed E-state index contributed by atoms with van der Waals surface area (Å²) in [6, 6.07) is 5.56. The van der Waals surface area contributed by atoms with Crippen LogP contribution in [-0.4, -0.2) is 112 Å². The molecule has 0 radical (unpaired) electrons. The fourth-order valence-electron chi connectivity index (χ4n) is 7.49. The largest absolute Gasteiger partial charge is 0.477 e. The topological polar surface area (TPSA) is 138 Å². The molecule has 0 spiro atoms. The number of anilines is 1. The molecule has 1 amide bonds. The molecule has 1 aliphatic carbocycles. The van der Waals surface area contributed by atoms with E-state index in [1.807, 2.05) is 42.7 Å². The molecule has 2 unspecified atom stereocenters. The van der Waals surface area contributed by atoms with Gasteiger partial charge in [0.1, 0.15) is 24.0 Å². The highest BCUT2D eigenvalue weighted by molar-refractivity contribution is 7.91. The number of ether oxygens (including phenoxy) is 4. The highest BCUT2D eigenvalue weighted by atomic mass is 32.2. The van der Waals surface area contributed by atoms with E-state index in [0.29, 0.717) is 61.6 Å². The van der Waals surface area contributed by atoms with E-state index in [2.05, 4.69) is 44.3 Å². The first-order valence-corrected chi connectivity index (χ1v) is 29.6. The fraction of sp³-hybridized carbons (Fsp3) is 0.700. The maximum Gasteiger partial charge on any atom is 0.410 e. The zero-order chi connectivity index (χ0) is 40.6. The van der Waals surface area contributed by atoms with Gasteiger partial charge in [-0.05, 0) is 83.4 Å². The van der Waals surface area contributed by atoms with Gasteiger partial charge in [0.15, 0.2) is 21.3 Å². The number of hydrogen-bond acceptors (Lipinski definition) is 11. The van der Waals surface area contributed by atoms with Crippen LogP contribution in [0.25, 0.3) is 16.8 Å². The molecule has 1 saturated carbocycles. The average molecular weight is 829 g/mol. The van der Waals surface area contributed by atoms with Crippen molar-refractivity contribution >= 4 is 43.5 Å². The molecule has 13 nitrogen and oxygen atoms in total. The number of carbonyl (C=O) groups excluding carboxylic acids is 1. The van der Waals surface area contributed by atoms with Crippen molar-refractivity contribution in [3.63, 3.8) is 0 Å². The molecule has 2 saturated heterocycles. The Balaban J connectivity index is 1.45. The Labute approximate surface area is 335 Å². The highest BCUT2D eigenvalue weighted by Gasteiger charge is 2.47. The number of hydrogen-bond donors (Lipinski definition) is 0. The second kappa shape index (κ2) is 16.7. The smallest absolute Gasteiger partial charge is 0.410 e. The summed E-state index contributed by atoms with van der Waals surface area (Å²) in [6.07, 6.45) is 9.59. The molecule has 2 atom stereocenters. The van der Waals surface area contributed by atoms with Crippen molar-refractivity contribution in [2.24, 2.45) is 5.92 Å². The minimum atomic E-state index is -3.89. The van der Waals surface area contributed by atoms with E-state index in [4.69, 9.17) is 29.0 Å². The van der Waals surface area contributed by atoms with E-state index < -0.39 is 31.6 Å². The van der Waals surface area contributed by atoms with E-state index in [0.717, 1.165) is 36.1 Å². The average Bonchev–Trinajstić information content (AvgIpc) is 3.75. The Bertz CT molecular complexity index is 1920. The minimum absolute atomic E-state index is 0.0925. The SMILES string of the molecule is CC(C)(C)OC(=O)N1C2CCC1CC(c1nc3c(-c4ccc(OCC5CC5)nc4)cnn3c(N(COCC[Si](C)(C)C)COCC[Si](C)(C)C)c1S(C)(=O)=O)C2. The van der Waals surface area contributed by atoms with E-state index in [1.54, 1.807) is 16.9 Å². The highest BCUT2D eigenvalue weighted by Crippen LogP contribution is 2.46. The summed E-state index contributed by atoms with van der Waals surface area (Å²) in [4.78, 5) is 27.2. The van der Waals surface area contributed by atoms with Crippen molar-refractivity contribution in [3.05, 3.63) is 30.2 Å². The lowest BCUT2D eigenvalue weighted by molar-refractivity contribution is 0.00557. The van der Waals surface area contributed by atoms with Gasteiger partial charge in [-0.3, -0.25) is 0 Å². The molecule has 3 aliphatic rings. The van der Waals surface area contributed by atoms with Crippen LogP contribution in [0.2, 0.25) is 51.4 Å². The van der Waals surface area contributed by atoms with Crippen LogP contribution in [0.15, 0.2) is 29.4 Å². The quantitative estimate of drug-likeness (QED) is 0.0742. The van der Waals surface area contributed by atoms with Gasteiger partial charge in [0.05, 0.1) is 18.5 Å². The maximum absolute atomic E-state index is 14.2. The van der Waals surface area contributed by atoms with Gasteiger partial charge in [-0.2, -0.15) is 9.61 Å². The summed E-state index contributed by atoms with van der Waals surface area (Å²) < 4.78 is 54.6. The summed E-state index contributed by atoms with van der Waals surface area (Å²) >= 11 is 0. The van der Waals surface area contributed by atoms with Crippen molar-refractivity contribution in [1.29, 1.82) is 0 Å². The minimum Gasteiger partial charge on any atom is -0.477 e. The second-order valence-corrected chi connectivity index (χ2v) is 32.7. The first kappa shape index (κ1) is 42.5. The normalized spacial score (nSPS) is 20.5. The molecular formula is C40H64N6O7SSi2.